The number of amidine groups is 1. The normalized spacial score (nSPS) is 11.7. The average Bonchev–Trinajstić information content (AvgIpc) is 3.23. The minimum Gasteiger partial charge on any atom is -0.261 e. The van der Waals surface area contributed by atoms with Gasteiger partial charge in [-0.3, -0.25) is 4.99 Å². The highest BCUT2D eigenvalue weighted by Crippen LogP contribution is 2.46. The van der Waals surface area contributed by atoms with Crippen molar-refractivity contribution in [2.75, 3.05) is 0 Å². The van der Waals surface area contributed by atoms with Gasteiger partial charge in [-0.2, -0.15) is 0 Å². The van der Waals surface area contributed by atoms with E-state index in [1.54, 1.807) is 0 Å². The number of rotatable bonds is 7. The van der Waals surface area contributed by atoms with E-state index in [1.165, 1.54) is 55.1 Å². The van der Waals surface area contributed by atoms with Crippen LogP contribution in [0.5, 0.6) is 0 Å². The summed E-state index contributed by atoms with van der Waals surface area (Å²) in [5, 5.41) is 4.71. The van der Waals surface area contributed by atoms with Gasteiger partial charge >= 0.3 is 0 Å². The second-order valence-corrected chi connectivity index (χ2v) is 13.0. The third-order valence-corrected chi connectivity index (χ3v) is 9.63. The van der Waals surface area contributed by atoms with Gasteiger partial charge < -0.3 is 0 Å². The Kier molecular flexibility index (Phi) is 10.6. The fourth-order valence-corrected chi connectivity index (χ4v) is 7.04. The van der Waals surface area contributed by atoms with Crippen LogP contribution in [0.3, 0.4) is 0 Å². The molecule has 256 valence electrons. The van der Waals surface area contributed by atoms with E-state index in [0.717, 1.165) is 33.6 Å². The molecule has 0 bridgehead atoms. The van der Waals surface area contributed by atoms with E-state index in [4.69, 9.17) is 9.98 Å². The molecule has 0 atom stereocenters. The van der Waals surface area contributed by atoms with E-state index >= 15 is 0 Å². The Morgan fingerprint density at radius 2 is 0.962 bits per heavy atom. The van der Waals surface area contributed by atoms with Gasteiger partial charge in [0.05, 0.1) is 6.54 Å². The van der Waals surface area contributed by atoms with Crippen molar-refractivity contribution in [3.8, 4) is 33.4 Å². The van der Waals surface area contributed by atoms with Gasteiger partial charge in [-0.1, -0.05) is 188 Å². The number of hydrogen-bond acceptors (Lipinski definition) is 1. The molecule has 8 aromatic carbocycles. The maximum Gasteiger partial charge on any atom is 0.155 e. The van der Waals surface area contributed by atoms with Crippen molar-refractivity contribution in [3.63, 3.8) is 0 Å². The van der Waals surface area contributed by atoms with E-state index in [9.17, 15) is 0 Å². The van der Waals surface area contributed by atoms with E-state index < -0.39 is 0 Å². The summed E-state index contributed by atoms with van der Waals surface area (Å²) in [5.41, 5.74) is 12.6. The van der Waals surface area contributed by atoms with Crippen LogP contribution in [0.15, 0.2) is 205 Å². The molecule has 8 aromatic rings. The summed E-state index contributed by atoms with van der Waals surface area (Å²) in [7, 11) is 0. The molecule has 0 aliphatic carbocycles. The standard InChI is InChI=1S/C49H38N2.C2H4/c1-34-25-27-38(28-26-34)39-29-31-41(32-30-39)47-44-23-14-24-45(48(44)43-22-13-12-21-42(43)46(47)40-19-10-5-11-20-40)49(50-33-36-15-6-3-7-16-36)51-35(2)37-17-8-4-9-18-37;1-2/h3-32H,33H2,1-2H3;1-2H2. The van der Waals surface area contributed by atoms with Crippen LogP contribution in [0.4, 0.5) is 0 Å². The molecule has 0 radical (unpaired) electrons. The first kappa shape index (κ1) is 34.8. The van der Waals surface area contributed by atoms with Crippen molar-refractivity contribution in [2.45, 2.75) is 20.4 Å². The molecule has 0 saturated heterocycles. The largest absolute Gasteiger partial charge is 0.261 e. The van der Waals surface area contributed by atoms with Crippen molar-refractivity contribution >= 4 is 33.1 Å². The van der Waals surface area contributed by atoms with E-state index in [0.29, 0.717) is 6.54 Å². The molecule has 53 heavy (non-hydrogen) atoms. The quantitative estimate of drug-likeness (QED) is 0.0692. The smallest absolute Gasteiger partial charge is 0.155 e. The highest BCUT2D eigenvalue weighted by Gasteiger charge is 2.21. The Labute approximate surface area is 313 Å². The van der Waals surface area contributed by atoms with Gasteiger partial charge in [0.25, 0.3) is 0 Å². The molecule has 0 unspecified atom stereocenters. The number of aliphatic imine (C=N–C) groups is 2. The summed E-state index contributed by atoms with van der Waals surface area (Å²) in [5.74, 6) is 0.726. The zero-order valence-electron chi connectivity index (χ0n) is 30.3. The average molecular weight is 683 g/mol. The molecule has 0 spiro atoms. The summed E-state index contributed by atoms with van der Waals surface area (Å²) < 4.78 is 0. The van der Waals surface area contributed by atoms with Gasteiger partial charge in [-0.25, -0.2) is 4.99 Å². The fourth-order valence-electron chi connectivity index (χ4n) is 7.04. The van der Waals surface area contributed by atoms with Crippen molar-refractivity contribution in [2.24, 2.45) is 9.98 Å². The molecule has 2 heteroatoms. The van der Waals surface area contributed by atoms with Crippen LogP contribution < -0.4 is 0 Å². The lowest BCUT2D eigenvalue weighted by molar-refractivity contribution is 1.06. The predicted octanol–water partition coefficient (Wildman–Crippen LogP) is 13.6. The Morgan fingerprint density at radius 3 is 1.62 bits per heavy atom. The zero-order chi connectivity index (χ0) is 36.6. The van der Waals surface area contributed by atoms with Gasteiger partial charge in [0, 0.05) is 16.7 Å². The molecule has 0 amide bonds. The van der Waals surface area contributed by atoms with Gasteiger partial charge in [0.15, 0.2) is 5.84 Å². The monoisotopic (exact) mass is 682 g/mol. The molecule has 0 aromatic heterocycles. The lowest BCUT2D eigenvalue weighted by atomic mass is 9.83. The van der Waals surface area contributed by atoms with Crippen LogP contribution >= 0.6 is 0 Å². The van der Waals surface area contributed by atoms with E-state index in [-0.39, 0.29) is 0 Å². The van der Waals surface area contributed by atoms with Crippen molar-refractivity contribution < 1.29 is 0 Å². The van der Waals surface area contributed by atoms with Gasteiger partial charge in [0.2, 0.25) is 0 Å². The molecule has 8 rings (SSSR count). The van der Waals surface area contributed by atoms with Crippen molar-refractivity contribution in [1.82, 2.24) is 0 Å². The molecular formula is C51H42N2. The number of aryl methyl sites for hydroxylation is 1. The Bertz CT molecular complexity index is 2530. The number of nitrogens with zero attached hydrogens (tertiary/aromatic N) is 2. The van der Waals surface area contributed by atoms with Crippen molar-refractivity contribution in [1.29, 1.82) is 0 Å². The molecule has 0 N–H and O–H groups in total. The van der Waals surface area contributed by atoms with Crippen LogP contribution in [0.1, 0.15) is 29.2 Å². The lowest BCUT2D eigenvalue weighted by Gasteiger charge is -2.20. The Morgan fingerprint density at radius 1 is 0.472 bits per heavy atom. The summed E-state index contributed by atoms with van der Waals surface area (Å²) in [6.45, 7) is 10.7. The fraction of sp³-hybridized carbons (Fsp3) is 0.0588. The highest BCUT2D eigenvalue weighted by atomic mass is 14.9. The topological polar surface area (TPSA) is 24.7 Å². The minimum atomic E-state index is 0.533. The second kappa shape index (κ2) is 16.1. The van der Waals surface area contributed by atoms with Gasteiger partial charge in [-0.15, -0.1) is 13.2 Å². The molecule has 0 fully saturated rings. The summed E-state index contributed by atoms with van der Waals surface area (Å²) >= 11 is 0. The molecule has 2 nitrogen and oxygen atoms in total. The Hall–Kier alpha value is -6.64. The molecule has 0 aliphatic heterocycles. The molecule has 0 saturated carbocycles. The summed E-state index contributed by atoms with van der Waals surface area (Å²) in [6, 6.07) is 64.8. The Balaban J connectivity index is 0.00000214. The lowest BCUT2D eigenvalue weighted by Crippen LogP contribution is -2.06. The van der Waals surface area contributed by atoms with Crippen LogP contribution in [-0.4, -0.2) is 11.5 Å². The summed E-state index contributed by atoms with van der Waals surface area (Å²) in [6.07, 6.45) is 0. The maximum atomic E-state index is 5.29. The van der Waals surface area contributed by atoms with Crippen LogP contribution in [0.25, 0.3) is 54.9 Å². The SMILES string of the molecule is C=C.CC(=NC(=NCc1ccccc1)c1cccc2c(-c3ccc(-c4ccc(C)cc4)cc3)c(-c3ccccc3)c3ccccc3c12)c1ccccc1. The third kappa shape index (κ3) is 7.40. The van der Waals surface area contributed by atoms with Gasteiger partial charge in [0.1, 0.15) is 0 Å². The van der Waals surface area contributed by atoms with Crippen LogP contribution in [-0.2, 0) is 6.54 Å². The van der Waals surface area contributed by atoms with Crippen LogP contribution in [0.2, 0.25) is 0 Å². The third-order valence-electron chi connectivity index (χ3n) is 9.63. The number of hydrogen-bond donors (Lipinski definition) is 0. The zero-order valence-corrected chi connectivity index (χ0v) is 30.3. The number of benzene rings is 8. The predicted molar refractivity (Wildman–Crippen MR) is 229 cm³/mol. The second-order valence-electron chi connectivity index (χ2n) is 13.0. The van der Waals surface area contributed by atoms with E-state index in [2.05, 4.69) is 197 Å². The van der Waals surface area contributed by atoms with Gasteiger partial charge in [-0.05, 0) is 74.5 Å². The van der Waals surface area contributed by atoms with E-state index in [1.807, 2.05) is 12.1 Å². The first-order valence-corrected chi connectivity index (χ1v) is 18.0. The molecular weight excluding hydrogens is 641 g/mol. The highest BCUT2D eigenvalue weighted by molar-refractivity contribution is 6.28. The number of fused-ring (bicyclic) bond motifs is 3. The first-order chi connectivity index (χ1) is 26.1. The summed E-state index contributed by atoms with van der Waals surface area (Å²) in [4.78, 5) is 10.5. The minimum absolute atomic E-state index is 0.533. The first-order valence-electron chi connectivity index (χ1n) is 18.0. The maximum absolute atomic E-state index is 5.29. The molecule has 0 heterocycles. The van der Waals surface area contributed by atoms with Crippen molar-refractivity contribution in [3.05, 3.63) is 217 Å². The molecule has 0 aliphatic rings. The van der Waals surface area contributed by atoms with Crippen LogP contribution in [0, 0.1) is 6.92 Å².